The summed E-state index contributed by atoms with van der Waals surface area (Å²) in [5.41, 5.74) is 0. The van der Waals surface area contributed by atoms with Gasteiger partial charge in [-0.2, -0.15) is 0 Å². The van der Waals surface area contributed by atoms with Crippen LogP contribution in [0.1, 0.15) is 32.6 Å². The van der Waals surface area contributed by atoms with Gasteiger partial charge >= 0.3 is 0 Å². The van der Waals surface area contributed by atoms with Crippen molar-refractivity contribution < 1.29 is 5.11 Å². The largest absolute Gasteiger partial charge is 0.396 e. The monoisotopic (exact) mass is 171 g/mol. The predicted molar refractivity (Wildman–Crippen MR) is 53.2 cm³/mol. The summed E-state index contributed by atoms with van der Waals surface area (Å²) >= 11 is 0. The van der Waals surface area contributed by atoms with Gasteiger partial charge in [-0.1, -0.05) is 13.0 Å². The van der Waals surface area contributed by atoms with E-state index in [1.54, 1.807) is 0 Å². The zero-order valence-corrected chi connectivity index (χ0v) is 8.05. The van der Waals surface area contributed by atoms with Crippen molar-refractivity contribution in [3.05, 3.63) is 12.7 Å². The Morgan fingerprint density at radius 3 is 2.83 bits per heavy atom. The summed E-state index contributed by atoms with van der Waals surface area (Å²) < 4.78 is 0. The Labute approximate surface area is 75.7 Å². The van der Waals surface area contributed by atoms with Crippen LogP contribution >= 0.6 is 0 Å². The summed E-state index contributed by atoms with van der Waals surface area (Å²) in [7, 11) is 0. The van der Waals surface area contributed by atoms with E-state index in [9.17, 15) is 0 Å². The van der Waals surface area contributed by atoms with E-state index in [0.29, 0.717) is 6.04 Å². The van der Waals surface area contributed by atoms with Crippen molar-refractivity contribution in [1.82, 2.24) is 5.32 Å². The van der Waals surface area contributed by atoms with Gasteiger partial charge in [0.2, 0.25) is 0 Å². The number of unbranched alkanes of at least 4 members (excludes halogenated alkanes) is 1. The zero-order valence-electron chi connectivity index (χ0n) is 8.05. The number of aliphatic hydroxyl groups excluding tert-OH is 1. The number of nitrogens with one attached hydrogen (secondary N) is 1. The van der Waals surface area contributed by atoms with E-state index in [-0.39, 0.29) is 6.61 Å². The highest BCUT2D eigenvalue weighted by Crippen LogP contribution is 1.97. The molecule has 12 heavy (non-hydrogen) atoms. The second kappa shape index (κ2) is 8.75. The van der Waals surface area contributed by atoms with Gasteiger partial charge in [0.25, 0.3) is 0 Å². The Hall–Kier alpha value is -0.340. The van der Waals surface area contributed by atoms with Gasteiger partial charge in [0.15, 0.2) is 0 Å². The fraction of sp³-hybridized carbons (Fsp3) is 0.800. The van der Waals surface area contributed by atoms with Gasteiger partial charge in [-0.15, -0.1) is 6.58 Å². The minimum Gasteiger partial charge on any atom is -0.396 e. The smallest absolute Gasteiger partial charge is 0.0445 e. The van der Waals surface area contributed by atoms with Gasteiger partial charge in [-0.3, -0.25) is 0 Å². The number of hydrogen-bond donors (Lipinski definition) is 2. The van der Waals surface area contributed by atoms with Crippen molar-refractivity contribution in [2.75, 3.05) is 13.2 Å². The molecule has 0 radical (unpaired) electrons. The molecule has 0 aliphatic carbocycles. The standard InChI is InChI=1S/C10H21NO/c1-3-5-6-8-11-10(4-2)7-9-12/h3,10-12H,1,4-9H2,2H3. The number of hydrogen-bond acceptors (Lipinski definition) is 2. The lowest BCUT2D eigenvalue weighted by Crippen LogP contribution is -2.30. The zero-order chi connectivity index (χ0) is 9.23. The van der Waals surface area contributed by atoms with Gasteiger partial charge in [0.05, 0.1) is 0 Å². The van der Waals surface area contributed by atoms with Crippen LogP contribution in [0.2, 0.25) is 0 Å². The molecule has 2 heteroatoms. The number of rotatable bonds is 8. The van der Waals surface area contributed by atoms with Crippen LogP contribution in [0.5, 0.6) is 0 Å². The Morgan fingerprint density at radius 1 is 1.58 bits per heavy atom. The van der Waals surface area contributed by atoms with Crippen LogP contribution in [-0.4, -0.2) is 24.3 Å². The highest BCUT2D eigenvalue weighted by atomic mass is 16.3. The van der Waals surface area contributed by atoms with E-state index in [2.05, 4.69) is 18.8 Å². The number of aliphatic hydroxyl groups is 1. The predicted octanol–water partition coefficient (Wildman–Crippen LogP) is 1.70. The average Bonchev–Trinajstić information content (AvgIpc) is 2.10. The molecule has 1 unspecified atom stereocenters. The molecule has 0 aromatic carbocycles. The minimum absolute atomic E-state index is 0.285. The fourth-order valence-electron chi connectivity index (χ4n) is 1.16. The van der Waals surface area contributed by atoms with Crippen LogP contribution in [0.25, 0.3) is 0 Å². The first-order valence-corrected chi connectivity index (χ1v) is 4.80. The molecule has 0 rings (SSSR count). The molecule has 0 bridgehead atoms. The summed E-state index contributed by atoms with van der Waals surface area (Å²) in [5, 5.41) is 12.1. The lowest BCUT2D eigenvalue weighted by Gasteiger charge is -2.14. The Morgan fingerprint density at radius 2 is 2.33 bits per heavy atom. The van der Waals surface area contributed by atoms with Crippen molar-refractivity contribution in [2.45, 2.75) is 38.6 Å². The molecule has 72 valence electrons. The molecular weight excluding hydrogens is 150 g/mol. The first kappa shape index (κ1) is 11.7. The molecular formula is C10H21NO. The molecule has 2 nitrogen and oxygen atoms in total. The molecule has 0 heterocycles. The van der Waals surface area contributed by atoms with E-state index in [1.165, 1.54) is 0 Å². The van der Waals surface area contributed by atoms with Crippen molar-refractivity contribution >= 4 is 0 Å². The van der Waals surface area contributed by atoms with Crippen LogP contribution in [0.3, 0.4) is 0 Å². The molecule has 0 amide bonds. The van der Waals surface area contributed by atoms with E-state index in [4.69, 9.17) is 5.11 Å². The maximum atomic E-state index is 8.71. The number of allylic oxidation sites excluding steroid dienone is 1. The van der Waals surface area contributed by atoms with Gasteiger partial charge in [0.1, 0.15) is 0 Å². The molecule has 0 aromatic heterocycles. The van der Waals surface area contributed by atoms with Crippen molar-refractivity contribution in [2.24, 2.45) is 0 Å². The third kappa shape index (κ3) is 6.38. The first-order chi connectivity index (χ1) is 5.85. The summed E-state index contributed by atoms with van der Waals surface area (Å²) in [6, 6.07) is 0.486. The molecule has 0 aromatic rings. The van der Waals surface area contributed by atoms with Crippen molar-refractivity contribution in [3.8, 4) is 0 Å². The van der Waals surface area contributed by atoms with Gasteiger partial charge in [-0.25, -0.2) is 0 Å². The van der Waals surface area contributed by atoms with Crippen LogP contribution in [-0.2, 0) is 0 Å². The minimum atomic E-state index is 0.285. The Bertz CT molecular complexity index is 104. The maximum Gasteiger partial charge on any atom is 0.0445 e. The third-order valence-electron chi connectivity index (χ3n) is 1.99. The van der Waals surface area contributed by atoms with E-state index < -0.39 is 0 Å². The lowest BCUT2D eigenvalue weighted by atomic mass is 10.1. The fourth-order valence-corrected chi connectivity index (χ4v) is 1.16. The van der Waals surface area contributed by atoms with Gasteiger partial charge in [0, 0.05) is 12.6 Å². The third-order valence-corrected chi connectivity index (χ3v) is 1.99. The summed E-state index contributed by atoms with van der Waals surface area (Å²) in [6.07, 6.45) is 6.11. The summed E-state index contributed by atoms with van der Waals surface area (Å²) in [4.78, 5) is 0. The first-order valence-electron chi connectivity index (χ1n) is 4.80. The molecule has 0 fully saturated rings. The molecule has 0 aliphatic rings. The molecule has 0 saturated heterocycles. The SMILES string of the molecule is C=CCCCNC(CC)CCO. The topological polar surface area (TPSA) is 32.3 Å². The van der Waals surface area contributed by atoms with Crippen LogP contribution in [0, 0.1) is 0 Å². The Balaban J connectivity index is 3.24. The normalized spacial score (nSPS) is 12.8. The van der Waals surface area contributed by atoms with Crippen LogP contribution in [0.15, 0.2) is 12.7 Å². The maximum absolute atomic E-state index is 8.71. The van der Waals surface area contributed by atoms with E-state index in [0.717, 1.165) is 32.2 Å². The summed E-state index contributed by atoms with van der Waals surface area (Å²) in [5.74, 6) is 0. The van der Waals surface area contributed by atoms with Crippen LogP contribution in [0.4, 0.5) is 0 Å². The average molecular weight is 171 g/mol. The highest BCUT2D eigenvalue weighted by molar-refractivity contribution is 4.69. The Kier molecular flexibility index (Phi) is 8.51. The summed E-state index contributed by atoms with van der Waals surface area (Å²) in [6.45, 7) is 7.12. The second-order valence-electron chi connectivity index (χ2n) is 3.00. The van der Waals surface area contributed by atoms with Crippen molar-refractivity contribution in [1.29, 1.82) is 0 Å². The molecule has 0 spiro atoms. The quantitative estimate of drug-likeness (QED) is 0.430. The molecule has 0 saturated carbocycles. The van der Waals surface area contributed by atoms with Gasteiger partial charge in [-0.05, 0) is 32.2 Å². The van der Waals surface area contributed by atoms with E-state index in [1.807, 2.05) is 6.08 Å². The van der Waals surface area contributed by atoms with Crippen LogP contribution < -0.4 is 5.32 Å². The lowest BCUT2D eigenvalue weighted by molar-refractivity contribution is 0.262. The van der Waals surface area contributed by atoms with Gasteiger partial charge < -0.3 is 10.4 Å². The van der Waals surface area contributed by atoms with Crippen molar-refractivity contribution in [3.63, 3.8) is 0 Å². The molecule has 0 aliphatic heterocycles. The highest BCUT2D eigenvalue weighted by Gasteiger charge is 2.02. The van der Waals surface area contributed by atoms with E-state index >= 15 is 0 Å². The molecule has 1 atom stereocenters. The molecule has 2 N–H and O–H groups in total. The second-order valence-corrected chi connectivity index (χ2v) is 3.00.